The smallest absolute Gasteiger partial charge is 0.352 e. The number of para-hydroxylation sites is 1. The Balaban J connectivity index is 1.54. The van der Waals surface area contributed by atoms with E-state index in [9.17, 15) is 14.7 Å². The number of anilines is 3. The first kappa shape index (κ1) is 23.4. The van der Waals surface area contributed by atoms with Crippen LogP contribution in [-0.4, -0.2) is 59.8 Å². The number of aryl methyl sites for hydroxylation is 1. The first-order chi connectivity index (χ1) is 17.4. The SMILES string of the molecule is Cc1ccc(NC(=O)Nc2cc(-n3c(C(=O)O)cc4ccccc43)ccc2N2CCN(C)CC2)cc1. The molecule has 184 valence electrons. The highest BCUT2D eigenvalue weighted by molar-refractivity contribution is 6.02. The van der Waals surface area contributed by atoms with Gasteiger partial charge in [-0.2, -0.15) is 0 Å². The zero-order chi connectivity index (χ0) is 25.2. The lowest BCUT2D eigenvalue weighted by Gasteiger charge is -2.35. The van der Waals surface area contributed by atoms with Crippen LogP contribution in [0.4, 0.5) is 21.9 Å². The summed E-state index contributed by atoms with van der Waals surface area (Å²) in [5.41, 5.74) is 4.95. The number of hydrogen-bond acceptors (Lipinski definition) is 4. The predicted octanol–water partition coefficient (Wildman–Crippen LogP) is 5.03. The molecule has 4 aromatic rings. The molecule has 3 aromatic carbocycles. The van der Waals surface area contributed by atoms with Crippen molar-refractivity contribution in [2.45, 2.75) is 6.92 Å². The van der Waals surface area contributed by atoms with Crippen molar-refractivity contribution in [3.05, 3.63) is 84.1 Å². The molecule has 0 atom stereocenters. The van der Waals surface area contributed by atoms with E-state index in [2.05, 4.69) is 27.5 Å². The van der Waals surface area contributed by atoms with Crippen LogP contribution in [0.1, 0.15) is 16.1 Å². The molecule has 36 heavy (non-hydrogen) atoms. The van der Waals surface area contributed by atoms with Crippen LogP contribution in [0.25, 0.3) is 16.6 Å². The molecule has 3 N–H and O–H groups in total. The van der Waals surface area contributed by atoms with Gasteiger partial charge in [0.1, 0.15) is 5.69 Å². The lowest BCUT2D eigenvalue weighted by atomic mass is 10.2. The van der Waals surface area contributed by atoms with Gasteiger partial charge in [-0.25, -0.2) is 9.59 Å². The Morgan fingerprint density at radius 3 is 2.31 bits per heavy atom. The minimum absolute atomic E-state index is 0.165. The van der Waals surface area contributed by atoms with Gasteiger partial charge in [-0.3, -0.25) is 0 Å². The number of carboxylic acids is 1. The average molecular weight is 484 g/mol. The van der Waals surface area contributed by atoms with E-state index in [0.29, 0.717) is 17.1 Å². The number of urea groups is 1. The third kappa shape index (κ3) is 4.76. The van der Waals surface area contributed by atoms with Gasteiger partial charge in [-0.05, 0) is 56.4 Å². The molecule has 1 aliphatic rings. The molecular formula is C28H29N5O3. The maximum Gasteiger partial charge on any atom is 0.352 e. The molecule has 0 spiro atoms. The van der Waals surface area contributed by atoms with Gasteiger partial charge in [0.2, 0.25) is 0 Å². The van der Waals surface area contributed by atoms with Crippen LogP contribution in [0.5, 0.6) is 0 Å². The summed E-state index contributed by atoms with van der Waals surface area (Å²) in [7, 11) is 2.10. The minimum Gasteiger partial charge on any atom is -0.477 e. The first-order valence-corrected chi connectivity index (χ1v) is 12.0. The number of benzene rings is 3. The lowest BCUT2D eigenvalue weighted by Crippen LogP contribution is -2.44. The summed E-state index contributed by atoms with van der Waals surface area (Å²) < 4.78 is 1.72. The molecule has 1 saturated heterocycles. The van der Waals surface area contributed by atoms with E-state index in [1.54, 1.807) is 10.6 Å². The molecule has 8 nitrogen and oxygen atoms in total. The lowest BCUT2D eigenvalue weighted by molar-refractivity contribution is 0.0688. The Morgan fingerprint density at radius 1 is 0.861 bits per heavy atom. The summed E-state index contributed by atoms with van der Waals surface area (Å²) in [6, 6.07) is 22.2. The van der Waals surface area contributed by atoms with Gasteiger partial charge in [0.05, 0.1) is 16.9 Å². The third-order valence-electron chi connectivity index (χ3n) is 6.57. The normalized spacial score (nSPS) is 14.1. The van der Waals surface area contributed by atoms with E-state index >= 15 is 0 Å². The number of rotatable bonds is 5. The number of carboxylic acid groups (broad SMARTS) is 1. The molecule has 2 amide bonds. The molecule has 0 radical (unpaired) electrons. The molecule has 0 unspecified atom stereocenters. The van der Waals surface area contributed by atoms with Crippen LogP contribution in [0.15, 0.2) is 72.8 Å². The molecule has 2 heterocycles. The van der Waals surface area contributed by atoms with Crippen LogP contribution in [0.3, 0.4) is 0 Å². The number of likely N-dealkylation sites (N-methyl/N-ethyl adjacent to an activating group) is 1. The number of nitrogens with one attached hydrogen (secondary N) is 2. The molecule has 5 rings (SSSR count). The second kappa shape index (κ2) is 9.75. The number of nitrogens with zero attached hydrogens (tertiary/aromatic N) is 3. The van der Waals surface area contributed by atoms with Crippen LogP contribution in [-0.2, 0) is 0 Å². The van der Waals surface area contributed by atoms with Gasteiger partial charge in [0, 0.05) is 42.9 Å². The number of aromatic carboxylic acids is 1. The predicted molar refractivity (Wildman–Crippen MR) is 144 cm³/mol. The summed E-state index contributed by atoms with van der Waals surface area (Å²) in [6.07, 6.45) is 0. The van der Waals surface area contributed by atoms with Gasteiger partial charge in [-0.15, -0.1) is 0 Å². The van der Waals surface area contributed by atoms with E-state index in [-0.39, 0.29) is 11.7 Å². The second-order valence-corrected chi connectivity index (χ2v) is 9.17. The quantitative estimate of drug-likeness (QED) is 0.370. The van der Waals surface area contributed by atoms with Crippen molar-refractivity contribution in [3.8, 4) is 5.69 Å². The van der Waals surface area contributed by atoms with E-state index in [0.717, 1.165) is 48.3 Å². The summed E-state index contributed by atoms with van der Waals surface area (Å²) >= 11 is 0. The number of aromatic nitrogens is 1. The zero-order valence-corrected chi connectivity index (χ0v) is 20.4. The maximum atomic E-state index is 13.0. The Morgan fingerprint density at radius 2 is 1.58 bits per heavy atom. The zero-order valence-electron chi connectivity index (χ0n) is 20.4. The number of carbonyl (C=O) groups excluding carboxylic acids is 1. The number of piperazine rings is 1. The van der Waals surface area contributed by atoms with Crippen molar-refractivity contribution in [1.82, 2.24) is 9.47 Å². The molecule has 1 aliphatic heterocycles. The largest absolute Gasteiger partial charge is 0.477 e. The standard InChI is InChI=1S/C28H29N5O3/c1-19-7-9-21(10-8-19)29-28(36)30-23-18-22(11-12-25(23)32-15-13-31(2)14-16-32)33-24-6-4-3-5-20(24)17-26(33)27(34)35/h3-12,17-18H,13-16H2,1-2H3,(H,34,35)(H2,29,30,36). The molecule has 1 aromatic heterocycles. The van der Waals surface area contributed by atoms with Crippen molar-refractivity contribution in [2.75, 3.05) is 48.8 Å². The molecule has 0 saturated carbocycles. The fraction of sp³-hybridized carbons (Fsp3) is 0.214. The number of hydrogen-bond donors (Lipinski definition) is 3. The Hall–Kier alpha value is -4.30. The fourth-order valence-corrected chi connectivity index (χ4v) is 4.60. The van der Waals surface area contributed by atoms with E-state index < -0.39 is 5.97 Å². The van der Waals surface area contributed by atoms with E-state index in [4.69, 9.17) is 0 Å². The average Bonchev–Trinajstić information content (AvgIpc) is 3.26. The highest BCUT2D eigenvalue weighted by Gasteiger charge is 2.21. The monoisotopic (exact) mass is 483 g/mol. The second-order valence-electron chi connectivity index (χ2n) is 9.17. The number of carbonyl (C=O) groups is 2. The van der Waals surface area contributed by atoms with Gasteiger partial charge < -0.3 is 30.1 Å². The Kier molecular flexibility index (Phi) is 6.35. The van der Waals surface area contributed by atoms with Gasteiger partial charge in [0.15, 0.2) is 0 Å². The summed E-state index contributed by atoms with van der Waals surface area (Å²) in [6.45, 7) is 5.49. The van der Waals surface area contributed by atoms with Crippen LogP contribution >= 0.6 is 0 Å². The molecule has 8 heteroatoms. The van der Waals surface area contributed by atoms with Crippen molar-refractivity contribution in [1.29, 1.82) is 0 Å². The summed E-state index contributed by atoms with van der Waals surface area (Å²) in [4.78, 5) is 29.6. The van der Waals surface area contributed by atoms with Crippen LogP contribution in [0.2, 0.25) is 0 Å². The maximum absolute atomic E-state index is 13.0. The van der Waals surface area contributed by atoms with Crippen LogP contribution < -0.4 is 15.5 Å². The molecule has 1 fully saturated rings. The molecular weight excluding hydrogens is 454 g/mol. The van der Waals surface area contributed by atoms with Gasteiger partial charge in [0.25, 0.3) is 0 Å². The molecule has 0 bridgehead atoms. The summed E-state index contributed by atoms with van der Waals surface area (Å²) in [5, 5.41) is 16.6. The van der Waals surface area contributed by atoms with E-state index in [1.807, 2.05) is 73.7 Å². The highest BCUT2D eigenvalue weighted by atomic mass is 16.4. The fourth-order valence-electron chi connectivity index (χ4n) is 4.60. The molecule has 0 aliphatic carbocycles. The first-order valence-electron chi connectivity index (χ1n) is 12.0. The minimum atomic E-state index is -1.01. The van der Waals surface area contributed by atoms with Crippen molar-refractivity contribution >= 4 is 40.0 Å². The van der Waals surface area contributed by atoms with E-state index in [1.165, 1.54) is 0 Å². The highest BCUT2D eigenvalue weighted by Crippen LogP contribution is 2.32. The van der Waals surface area contributed by atoms with Crippen molar-refractivity contribution in [2.24, 2.45) is 0 Å². The van der Waals surface area contributed by atoms with Gasteiger partial charge in [-0.1, -0.05) is 35.9 Å². The number of amides is 2. The topological polar surface area (TPSA) is 89.8 Å². The summed E-state index contributed by atoms with van der Waals surface area (Å²) in [5.74, 6) is -1.01. The number of fused-ring (bicyclic) bond motifs is 1. The third-order valence-corrected chi connectivity index (χ3v) is 6.57. The Bertz CT molecular complexity index is 1420. The van der Waals surface area contributed by atoms with Crippen LogP contribution in [0, 0.1) is 6.92 Å². The van der Waals surface area contributed by atoms with Crippen molar-refractivity contribution < 1.29 is 14.7 Å². The Labute approximate surface area is 209 Å². The van der Waals surface area contributed by atoms with Crippen molar-refractivity contribution in [3.63, 3.8) is 0 Å². The van der Waals surface area contributed by atoms with Gasteiger partial charge >= 0.3 is 12.0 Å².